The summed E-state index contributed by atoms with van der Waals surface area (Å²) in [6.07, 6.45) is 22.3. The highest BCUT2D eigenvalue weighted by molar-refractivity contribution is 5.72. The van der Waals surface area contributed by atoms with E-state index in [0.29, 0.717) is 6.61 Å². The predicted molar refractivity (Wildman–Crippen MR) is 98.6 cm³/mol. The van der Waals surface area contributed by atoms with Crippen LogP contribution >= 0.6 is 0 Å². The molecule has 0 amide bonds. The first-order valence-electron chi connectivity index (χ1n) is 10.5. The van der Waals surface area contributed by atoms with Gasteiger partial charge in [-0.3, -0.25) is 4.79 Å². The lowest BCUT2D eigenvalue weighted by molar-refractivity contribution is -0.147. The molecule has 23 heavy (non-hydrogen) atoms. The predicted octanol–water partition coefficient (Wildman–Crippen LogP) is 6.81. The molecule has 1 saturated heterocycles. The van der Waals surface area contributed by atoms with Gasteiger partial charge in [-0.2, -0.15) is 0 Å². The van der Waals surface area contributed by atoms with Gasteiger partial charge in [0.2, 0.25) is 0 Å². The van der Waals surface area contributed by atoms with E-state index in [4.69, 9.17) is 4.74 Å². The van der Waals surface area contributed by atoms with E-state index in [-0.39, 0.29) is 11.9 Å². The number of hydrogen-bond donors (Lipinski definition) is 0. The lowest BCUT2D eigenvalue weighted by Crippen LogP contribution is -2.15. The molecule has 0 aromatic heterocycles. The maximum absolute atomic E-state index is 11.7. The first kappa shape index (κ1) is 20.5. The quantitative estimate of drug-likeness (QED) is 0.259. The van der Waals surface area contributed by atoms with Crippen LogP contribution in [0.5, 0.6) is 0 Å². The van der Waals surface area contributed by atoms with Crippen LogP contribution in [0.25, 0.3) is 0 Å². The molecule has 1 heterocycles. The van der Waals surface area contributed by atoms with E-state index in [1.165, 1.54) is 83.5 Å². The minimum absolute atomic E-state index is 0.0708. The van der Waals surface area contributed by atoms with Gasteiger partial charge in [0.05, 0.1) is 12.5 Å². The summed E-state index contributed by atoms with van der Waals surface area (Å²) in [5.74, 6) is 0.270. The second kappa shape index (κ2) is 15.0. The van der Waals surface area contributed by atoms with Crippen LogP contribution in [0.3, 0.4) is 0 Å². The van der Waals surface area contributed by atoms with Crippen molar-refractivity contribution in [3.05, 3.63) is 0 Å². The smallest absolute Gasteiger partial charge is 0.308 e. The van der Waals surface area contributed by atoms with E-state index in [1.54, 1.807) is 0 Å². The monoisotopic (exact) mass is 324 g/mol. The van der Waals surface area contributed by atoms with Gasteiger partial charge in [-0.1, -0.05) is 90.4 Å². The molecule has 136 valence electrons. The fraction of sp³-hybridized carbons (Fsp3) is 0.952. The average molecular weight is 325 g/mol. The third-order valence-electron chi connectivity index (χ3n) is 5.18. The number of ether oxygens (including phenoxy) is 1. The molecule has 1 aliphatic heterocycles. The second-order valence-electron chi connectivity index (χ2n) is 7.39. The Morgan fingerprint density at radius 2 is 1.30 bits per heavy atom. The Labute approximate surface area is 144 Å². The number of carbonyl (C=O) groups excluding carboxylic acids is 1. The second-order valence-corrected chi connectivity index (χ2v) is 7.39. The Kier molecular flexibility index (Phi) is 13.4. The largest absolute Gasteiger partial charge is 0.465 e. The first-order chi connectivity index (χ1) is 11.3. The fourth-order valence-electron chi connectivity index (χ4n) is 3.57. The Hall–Kier alpha value is -0.530. The van der Waals surface area contributed by atoms with Crippen LogP contribution < -0.4 is 0 Å². The van der Waals surface area contributed by atoms with Crippen LogP contribution in [0.1, 0.15) is 116 Å². The van der Waals surface area contributed by atoms with Crippen molar-refractivity contribution in [3.8, 4) is 0 Å². The zero-order valence-corrected chi connectivity index (χ0v) is 15.6. The molecule has 0 saturated carbocycles. The number of cyclic esters (lactones) is 1. The van der Waals surface area contributed by atoms with E-state index in [2.05, 4.69) is 6.92 Å². The van der Waals surface area contributed by atoms with Gasteiger partial charge >= 0.3 is 5.97 Å². The van der Waals surface area contributed by atoms with E-state index < -0.39 is 0 Å². The van der Waals surface area contributed by atoms with Crippen molar-refractivity contribution < 1.29 is 9.53 Å². The Morgan fingerprint density at radius 1 is 0.783 bits per heavy atom. The number of hydrogen-bond acceptors (Lipinski definition) is 2. The molecular weight excluding hydrogens is 284 g/mol. The number of rotatable bonds is 14. The molecular formula is C21H40O2. The van der Waals surface area contributed by atoms with Crippen LogP contribution in [0, 0.1) is 5.92 Å². The maximum atomic E-state index is 11.7. The summed E-state index contributed by atoms with van der Waals surface area (Å²) in [5, 5.41) is 0. The van der Waals surface area contributed by atoms with Gasteiger partial charge in [-0.25, -0.2) is 0 Å². The van der Waals surface area contributed by atoms with Gasteiger partial charge in [-0.15, -0.1) is 0 Å². The molecule has 2 heteroatoms. The zero-order chi connectivity index (χ0) is 16.6. The van der Waals surface area contributed by atoms with Crippen molar-refractivity contribution in [1.29, 1.82) is 0 Å². The van der Waals surface area contributed by atoms with Crippen molar-refractivity contribution in [2.75, 3.05) is 6.61 Å². The topological polar surface area (TPSA) is 26.3 Å². The van der Waals surface area contributed by atoms with E-state index in [0.717, 1.165) is 25.7 Å². The Morgan fingerprint density at radius 3 is 1.87 bits per heavy atom. The highest BCUT2D eigenvalue weighted by atomic mass is 16.5. The Bertz CT molecular complexity index is 275. The summed E-state index contributed by atoms with van der Waals surface area (Å²) >= 11 is 0. The van der Waals surface area contributed by atoms with Gasteiger partial charge in [0, 0.05) is 0 Å². The highest BCUT2D eigenvalue weighted by Gasteiger charge is 2.21. The summed E-state index contributed by atoms with van der Waals surface area (Å²) in [6.45, 7) is 2.93. The third-order valence-corrected chi connectivity index (χ3v) is 5.18. The number of unbranched alkanes of at least 4 members (excludes halogenated alkanes) is 12. The fourth-order valence-corrected chi connectivity index (χ4v) is 3.57. The number of carbonyl (C=O) groups is 1. The molecule has 1 fully saturated rings. The molecule has 0 spiro atoms. The summed E-state index contributed by atoms with van der Waals surface area (Å²) in [4.78, 5) is 11.7. The minimum atomic E-state index is 0.0708. The van der Waals surface area contributed by atoms with Crippen molar-refractivity contribution in [2.45, 2.75) is 116 Å². The molecule has 1 rings (SSSR count). The normalized spacial score (nSPS) is 18.7. The van der Waals surface area contributed by atoms with Crippen LogP contribution in [-0.2, 0) is 9.53 Å². The van der Waals surface area contributed by atoms with Crippen molar-refractivity contribution >= 4 is 5.97 Å². The van der Waals surface area contributed by atoms with Crippen LogP contribution in [0.2, 0.25) is 0 Å². The third kappa shape index (κ3) is 11.6. The van der Waals surface area contributed by atoms with Crippen LogP contribution in [0.15, 0.2) is 0 Å². The molecule has 0 aromatic rings. The summed E-state index contributed by atoms with van der Waals surface area (Å²) in [7, 11) is 0. The highest BCUT2D eigenvalue weighted by Crippen LogP contribution is 2.22. The van der Waals surface area contributed by atoms with Gasteiger partial charge in [-0.05, 0) is 25.7 Å². The van der Waals surface area contributed by atoms with Crippen LogP contribution in [-0.4, -0.2) is 12.6 Å². The standard InChI is InChI=1S/C21H40O2/c1-2-3-4-5-6-7-8-9-10-11-12-13-14-17-20-18-15-16-19-23-21(20)22/h20H,2-19H2,1H3. The van der Waals surface area contributed by atoms with Crippen molar-refractivity contribution in [2.24, 2.45) is 5.92 Å². The molecule has 0 radical (unpaired) electrons. The average Bonchev–Trinajstić information content (AvgIpc) is 2.76. The van der Waals surface area contributed by atoms with Gasteiger partial charge in [0.15, 0.2) is 0 Å². The lowest BCUT2D eigenvalue weighted by Gasteiger charge is -2.11. The van der Waals surface area contributed by atoms with Crippen LogP contribution in [0.4, 0.5) is 0 Å². The van der Waals surface area contributed by atoms with Gasteiger partial charge in [0.25, 0.3) is 0 Å². The minimum Gasteiger partial charge on any atom is -0.465 e. The lowest BCUT2D eigenvalue weighted by atomic mass is 9.95. The molecule has 1 atom stereocenters. The summed E-state index contributed by atoms with van der Waals surface area (Å²) in [5.41, 5.74) is 0. The molecule has 0 aliphatic carbocycles. The van der Waals surface area contributed by atoms with Crippen molar-refractivity contribution in [3.63, 3.8) is 0 Å². The Balaban J connectivity index is 1.80. The first-order valence-corrected chi connectivity index (χ1v) is 10.5. The summed E-state index contributed by atoms with van der Waals surface area (Å²) in [6, 6.07) is 0. The van der Waals surface area contributed by atoms with E-state index >= 15 is 0 Å². The molecule has 0 bridgehead atoms. The molecule has 1 unspecified atom stereocenters. The molecule has 1 aliphatic rings. The van der Waals surface area contributed by atoms with Gasteiger partial charge < -0.3 is 4.74 Å². The summed E-state index contributed by atoms with van der Waals surface area (Å²) < 4.78 is 5.24. The molecule has 0 aromatic carbocycles. The van der Waals surface area contributed by atoms with Gasteiger partial charge in [0.1, 0.15) is 0 Å². The SMILES string of the molecule is CCCCCCCCCCCCCCCC1CCCCOC1=O. The van der Waals surface area contributed by atoms with E-state index in [9.17, 15) is 4.79 Å². The van der Waals surface area contributed by atoms with Crippen molar-refractivity contribution in [1.82, 2.24) is 0 Å². The molecule has 2 nitrogen and oxygen atoms in total. The molecule has 0 N–H and O–H groups in total. The van der Waals surface area contributed by atoms with E-state index in [1.807, 2.05) is 0 Å². The maximum Gasteiger partial charge on any atom is 0.308 e. The zero-order valence-electron chi connectivity index (χ0n) is 15.6. The number of esters is 1.